The number of aryl methyl sites for hydroxylation is 2. The summed E-state index contributed by atoms with van der Waals surface area (Å²) in [7, 11) is 0. The van der Waals surface area contributed by atoms with Gasteiger partial charge in [0.2, 0.25) is 5.91 Å². The molecule has 0 saturated heterocycles. The number of ether oxygens (including phenoxy) is 1. The van der Waals surface area contributed by atoms with Crippen LogP contribution in [0.3, 0.4) is 0 Å². The first-order chi connectivity index (χ1) is 15.4. The number of esters is 1. The third-order valence-electron chi connectivity index (χ3n) is 4.94. The standard InChI is InChI=1S/C24H28N4O4/c1-4-15-32-24(31)18-9-11-19(12-10-18)27-20(29)8-5-13-25-23(30)21-17(3)26-22-16(2)7-6-14-28(21)22/h6-7,9-12,14H,4-5,8,13,15H2,1-3H3,(H,25,30)(H,27,29). The van der Waals surface area contributed by atoms with E-state index in [0.717, 1.165) is 17.6 Å². The largest absolute Gasteiger partial charge is 0.462 e. The molecule has 0 aliphatic rings. The van der Waals surface area contributed by atoms with E-state index < -0.39 is 0 Å². The van der Waals surface area contributed by atoms with Crippen molar-refractivity contribution in [3.05, 3.63) is 65.1 Å². The van der Waals surface area contributed by atoms with E-state index >= 15 is 0 Å². The highest BCUT2D eigenvalue weighted by molar-refractivity contribution is 5.95. The third-order valence-corrected chi connectivity index (χ3v) is 4.94. The van der Waals surface area contributed by atoms with Crippen LogP contribution >= 0.6 is 0 Å². The van der Waals surface area contributed by atoms with Crippen LogP contribution in [0, 0.1) is 13.8 Å². The second kappa shape index (κ2) is 10.6. The van der Waals surface area contributed by atoms with Gasteiger partial charge in [0, 0.05) is 24.8 Å². The van der Waals surface area contributed by atoms with E-state index in [1.54, 1.807) is 28.7 Å². The summed E-state index contributed by atoms with van der Waals surface area (Å²) >= 11 is 0. The molecule has 0 fully saturated rings. The Kier molecular flexibility index (Phi) is 7.59. The van der Waals surface area contributed by atoms with E-state index in [1.165, 1.54) is 0 Å². The van der Waals surface area contributed by atoms with E-state index in [0.29, 0.717) is 42.2 Å². The highest BCUT2D eigenvalue weighted by Crippen LogP contribution is 2.15. The Labute approximate surface area is 187 Å². The lowest BCUT2D eigenvalue weighted by atomic mass is 10.2. The molecule has 0 spiro atoms. The van der Waals surface area contributed by atoms with Gasteiger partial charge < -0.3 is 15.4 Å². The molecule has 0 radical (unpaired) electrons. The number of hydrogen-bond donors (Lipinski definition) is 2. The molecule has 0 aliphatic carbocycles. The molecule has 2 N–H and O–H groups in total. The Bertz CT molecular complexity index is 1120. The van der Waals surface area contributed by atoms with Crippen molar-refractivity contribution in [3.63, 3.8) is 0 Å². The summed E-state index contributed by atoms with van der Waals surface area (Å²) in [5.74, 6) is -0.759. The fraction of sp³-hybridized carbons (Fsp3) is 0.333. The number of anilines is 1. The zero-order valence-electron chi connectivity index (χ0n) is 18.6. The summed E-state index contributed by atoms with van der Waals surface area (Å²) in [4.78, 5) is 41.1. The first-order valence-corrected chi connectivity index (χ1v) is 10.7. The Hall–Kier alpha value is -3.68. The van der Waals surface area contributed by atoms with Crippen LogP contribution < -0.4 is 10.6 Å². The third kappa shape index (κ3) is 5.51. The molecule has 3 aromatic rings. The number of imidazole rings is 1. The molecule has 32 heavy (non-hydrogen) atoms. The van der Waals surface area contributed by atoms with Crippen molar-refractivity contribution >= 4 is 29.1 Å². The Morgan fingerprint density at radius 2 is 1.84 bits per heavy atom. The van der Waals surface area contributed by atoms with Crippen molar-refractivity contribution in [2.75, 3.05) is 18.5 Å². The number of pyridine rings is 1. The minimum Gasteiger partial charge on any atom is -0.462 e. The van der Waals surface area contributed by atoms with Gasteiger partial charge >= 0.3 is 5.97 Å². The van der Waals surface area contributed by atoms with Crippen LogP contribution in [0.15, 0.2) is 42.6 Å². The van der Waals surface area contributed by atoms with Gasteiger partial charge in [0.1, 0.15) is 11.3 Å². The van der Waals surface area contributed by atoms with Crippen molar-refractivity contribution in [3.8, 4) is 0 Å². The fourth-order valence-corrected chi connectivity index (χ4v) is 3.32. The van der Waals surface area contributed by atoms with Crippen molar-refractivity contribution in [1.29, 1.82) is 0 Å². The number of nitrogens with zero attached hydrogens (tertiary/aromatic N) is 2. The van der Waals surface area contributed by atoms with E-state index in [-0.39, 0.29) is 24.2 Å². The molecule has 2 heterocycles. The normalized spacial score (nSPS) is 10.7. The van der Waals surface area contributed by atoms with E-state index in [4.69, 9.17) is 4.74 Å². The molecule has 0 bridgehead atoms. The van der Waals surface area contributed by atoms with Gasteiger partial charge in [-0.3, -0.25) is 14.0 Å². The zero-order valence-corrected chi connectivity index (χ0v) is 18.6. The summed E-state index contributed by atoms with van der Waals surface area (Å²) in [6, 6.07) is 10.4. The van der Waals surface area contributed by atoms with Gasteiger partial charge in [-0.1, -0.05) is 13.0 Å². The average Bonchev–Trinajstić information content (AvgIpc) is 3.12. The summed E-state index contributed by atoms with van der Waals surface area (Å²) in [5, 5.41) is 5.65. The minimum absolute atomic E-state index is 0.165. The van der Waals surface area contributed by atoms with E-state index in [9.17, 15) is 14.4 Å². The molecular formula is C24H28N4O4. The van der Waals surface area contributed by atoms with Crippen LogP contribution in [0.4, 0.5) is 5.69 Å². The van der Waals surface area contributed by atoms with Crippen molar-refractivity contribution in [2.24, 2.45) is 0 Å². The number of carbonyl (C=O) groups excluding carboxylic acids is 3. The number of aromatic nitrogens is 2. The number of benzene rings is 1. The molecule has 0 aliphatic heterocycles. The van der Waals surface area contributed by atoms with Gasteiger partial charge in [-0.15, -0.1) is 0 Å². The lowest BCUT2D eigenvalue weighted by Gasteiger charge is -2.08. The maximum atomic E-state index is 12.6. The second-order valence-corrected chi connectivity index (χ2v) is 7.55. The molecule has 1 aromatic carbocycles. The quantitative estimate of drug-likeness (QED) is 0.394. The fourth-order valence-electron chi connectivity index (χ4n) is 3.32. The first kappa shape index (κ1) is 23.0. The number of rotatable bonds is 9. The number of fused-ring (bicyclic) bond motifs is 1. The SMILES string of the molecule is CCCOC(=O)c1ccc(NC(=O)CCCNC(=O)c2c(C)nc3c(C)cccn23)cc1. The van der Waals surface area contributed by atoms with E-state index in [1.807, 2.05) is 39.1 Å². The van der Waals surface area contributed by atoms with Crippen molar-refractivity contribution < 1.29 is 19.1 Å². The van der Waals surface area contributed by atoms with Gasteiger partial charge in [0.25, 0.3) is 5.91 Å². The van der Waals surface area contributed by atoms with Gasteiger partial charge in [-0.25, -0.2) is 9.78 Å². The summed E-state index contributed by atoms with van der Waals surface area (Å²) in [6.45, 7) is 6.44. The predicted molar refractivity (Wildman–Crippen MR) is 122 cm³/mol. The predicted octanol–water partition coefficient (Wildman–Crippen LogP) is 3.67. The zero-order chi connectivity index (χ0) is 23.1. The maximum absolute atomic E-state index is 12.6. The van der Waals surface area contributed by atoms with Crippen molar-refractivity contribution in [1.82, 2.24) is 14.7 Å². The van der Waals surface area contributed by atoms with Gasteiger partial charge in [-0.05, 0) is 62.6 Å². The Morgan fingerprint density at radius 1 is 1.09 bits per heavy atom. The average molecular weight is 437 g/mol. The molecule has 0 atom stereocenters. The van der Waals surface area contributed by atoms with Crippen LogP contribution in [0.25, 0.3) is 5.65 Å². The number of carbonyl (C=O) groups is 3. The minimum atomic E-state index is -0.378. The maximum Gasteiger partial charge on any atom is 0.338 e. The lowest BCUT2D eigenvalue weighted by molar-refractivity contribution is -0.116. The molecule has 2 aromatic heterocycles. The monoisotopic (exact) mass is 436 g/mol. The number of hydrogen-bond acceptors (Lipinski definition) is 5. The lowest BCUT2D eigenvalue weighted by Crippen LogP contribution is -2.27. The van der Waals surface area contributed by atoms with Gasteiger partial charge in [0.15, 0.2) is 0 Å². The van der Waals surface area contributed by atoms with Gasteiger partial charge in [0.05, 0.1) is 17.9 Å². The first-order valence-electron chi connectivity index (χ1n) is 10.7. The van der Waals surface area contributed by atoms with Crippen LogP contribution in [0.5, 0.6) is 0 Å². The molecule has 0 unspecified atom stereocenters. The van der Waals surface area contributed by atoms with Crippen LogP contribution in [-0.4, -0.2) is 40.3 Å². The van der Waals surface area contributed by atoms with Crippen molar-refractivity contribution in [2.45, 2.75) is 40.0 Å². The van der Waals surface area contributed by atoms with Crippen LogP contribution in [-0.2, 0) is 9.53 Å². The summed E-state index contributed by atoms with van der Waals surface area (Å²) in [6.07, 6.45) is 3.33. The molecule has 168 valence electrons. The summed E-state index contributed by atoms with van der Waals surface area (Å²) in [5.41, 5.74) is 3.97. The molecule has 8 heteroatoms. The number of nitrogens with one attached hydrogen (secondary N) is 2. The highest BCUT2D eigenvalue weighted by Gasteiger charge is 2.17. The molecular weight excluding hydrogens is 408 g/mol. The second-order valence-electron chi connectivity index (χ2n) is 7.55. The smallest absolute Gasteiger partial charge is 0.338 e. The Balaban J connectivity index is 1.45. The molecule has 3 rings (SSSR count). The molecule has 0 saturated carbocycles. The molecule has 2 amide bonds. The van der Waals surface area contributed by atoms with Crippen LogP contribution in [0.2, 0.25) is 0 Å². The molecule has 8 nitrogen and oxygen atoms in total. The highest BCUT2D eigenvalue weighted by atomic mass is 16.5. The topological polar surface area (TPSA) is 102 Å². The van der Waals surface area contributed by atoms with Crippen LogP contribution in [0.1, 0.15) is 58.3 Å². The van der Waals surface area contributed by atoms with E-state index in [2.05, 4.69) is 15.6 Å². The number of amides is 2. The Morgan fingerprint density at radius 3 is 2.56 bits per heavy atom. The summed E-state index contributed by atoms with van der Waals surface area (Å²) < 4.78 is 6.87. The van der Waals surface area contributed by atoms with Gasteiger partial charge in [-0.2, -0.15) is 0 Å².